The maximum atomic E-state index is 3.31. The van der Waals surface area contributed by atoms with Crippen molar-refractivity contribution < 1.29 is 0 Å². The molecule has 0 rings (SSSR count). The molecular weight excluding hydrogens is 146 g/mol. The van der Waals surface area contributed by atoms with Gasteiger partial charge >= 0.3 is 0 Å². The van der Waals surface area contributed by atoms with E-state index >= 15 is 0 Å². The van der Waals surface area contributed by atoms with Gasteiger partial charge in [0.05, 0.1) is 0 Å². The van der Waals surface area contributed by atoms with E-state index in [9.17, 15) is 0 Å². The average Bonchev–Trinajstić information content (AvgIpc) is 2.03. The molecule has 0 spiro atoms. The molecule has 0 aromatic rings. The normalized spacial score (nSPS) is 19.2. The highest BCUT2D eigenvalue weighted by Gasteiger charge is 2.27. The fourth-order valence-corrected chi connectivity index (χ4v) is 1.59. The second kappa shape index (κ2) is 4.86. The summed E-state index contributed by atoms with van der Waals surface area (Å²) in [6, 6.07) is 0.636. The molecule has 1 nitrogen and oxygen atoms in total. The number of nitrogens with one attached hydrogen (secondary N) is 1. The Balaban J connectivity index is 4.14. The maximum absolute atomic E-state index is 3.31. The van der Waals surface area contributed by atoms with Gasteiger partial charge in [0, 0.05) is 6.04 Å². The quantitative estimate of drug-likeness (QED) is 0.670. The molecule has 0 fully saturated rings. The van der Waals surface area contributed by atoms with Crippen molar-refractivity contribution in [1.29, 1.82) is 0 Å². The van der Waals surface area contributed by atoms with E-state index in [4.69, 9.17) is 0 Å². The Bertz CT molecular complexity index is 120. The van der Waals surface area contributed by atoms with E-state index in [1.54, 1.807) is 0 Å². The van der Waals surface area contributed by atoms with Crippen molar-refractivity contribution in [2.75, 3.05) is 7.05 Å². The fourth-order valence-electron chi connectivity index (χ4n) is 1.59. The van der Waals surface area contributed by atoms with Crippen molar-refractivity contribution in [3.63, 3.8) is 0 Å². The van der Waals surface area contributed by atoms with Crippen LogP contribution in [-0.4, -0.2) is 13.1 Å². The summed E-state index contributed by atoms with van der Waals surface area (Å²) in [5, 5.41) is 3.31. The van der Waals surface area contributed by atoms with Crippen molar-refractivity contribution in [1.82, 2.24) is 5.32 Å². The van der Waals surface area contributed by atoms with Crippen LogP contribution in [0, 0.1) is 11.3 Å². The zero-order chi connectivity index (χ0) is 9.78. The Kier molecular flexibility index (Phi) is 4.84. The molecule has 0 aliphatic heterocycles. The van der Waals surface area contributed by atoms with Gasteiger partial charge in [-0.2, -0.15) is 0 Å². The minimum Gasteiger partial charge on any atom is -0.317 e. The molecule has 74 valence electrons. The zero-order valence-corrected chi connectivity index (χ0v) is 9.57. The van der Waals surface area contributed by atoms with Crippen molar-refractivity contribution in [2.24, 2.45) is 11.3 Å². The van der Waals surface area contributed by atoms with Crippen LogP contribution in [0.5, 0.6) is 0 Å². The highest BCUT2D eigenvalue weighted by atomic mass is 14.9. The molecule has 0 heterocycles. The van der Waals surface area contributed by atoms with Gasteiger partial charge in [0.25, 0.3) is 0 Å². The summed E-state index contributed by atoms with van der Waals surface area (Å²) in [5.74, 6) is 0.776. The Morgan fingerprint density at radius 2 is 1.75 bits per heavy atom. The molecule has 0 aliphatic carbocycles. The number of hydrogen-bond donors (Lipinski definition) is 1. The smallest absolute Gasteiger partial charge is 0.00410 e. The second-order valence-corrected chi connectivity index (χ2v) is 4.56. The summed E-state index contributed by atoms with van der Waals surface area (Å²) in [7, 11) is 2.04. The summed E-state index contributed by atoms with van der Waals surface area (Å²) in [5.41, 5.74) is 0.502. The van der Waals surface area contributed by atoms with Crippen LogP contribution in [0.1, 0.15) is 47.5 Å². The standard InChI is InChI=1S/C11H25N/c1-7-11(5,9(2)3)8-10(4)12-6/h9-10,12H,7-8H2,1-6H3. The van der Waals surface area contributed by atoms with Crippen molar-refractivity contribution >= 4 is 0 Å². The summed E-state index contributed by atoms with van der Waals surface area (Å²) in [6.07, 6.45) is 2.55. The van der Waals surface area contributed by atoms with Gasteiger partial charge in [-0.25, -0.2) is 0 Å². The van der Waals surface area contributed by atoms with Gasteiger partial charge in [0.1, 0.15) is 0 Å². The first-order valence-electron chi connectivity index (χ1n) is 5.13. The van der Waals surface area contributed by atoms with Crippen LogP contribution in [0.2, 0.25) is 0 Å². The van der Waals surface area contributed by atoms with E-state index in [2.05, 4.69) is 39.9 Å². The molecule has 0 radical (unpaired) electrons. The molecular formula is C11H25N. The van der Waals surface area contributed by atoms with Crippen LogP contribution in [0.4, 0.5) is 0 Å². The third-order valence-corrected chi connectivity index (χ3v) is 3.47. The minimum absolute atomic E-state index is 0.502. The zero-order valence-electron chi connectivity index (χ0n) is 9.57. The largest absolute Gasteiger partial charge is 0.317 e. The van der Waals surface area contributed by atoms with Crippen LogP contribution in [0.15, 0.2) is 0 Å². The summed E-state index contributed by atoms with van der Waals surface area (Å²) < 4.78 is 0. The molecule has 0 aromatic heterocycles. The first-order chi connectivity index (χ1) is 5.46. The molecule has 2 atom stereocenters. The van der Waals surface area contributed by atoms with Crippen LogP contribution < -0.4 is 5.32 Å². The van der Waals surface area contributed by atoms with Crippen LogP contribution in [-0.2, 0) is 0 Å². The van der Waals surface area contributed by atoms with Crippen LogP contribution in [0.25, 0.3) is 0 Å². The van der Waals surface area contributed by atoms with Crippen LogP contribution in [0.3, 0.4) is 0 Å². The van der Waals surface area contributed by atoms with Gasteiger partial charge in [-0.05, 0) is 31.7 Å². The Morgan fingerprint density at radius 1 is 1.25 bits per heavy atom. The molecule has 0 aliphatic rings. The lowest BCUT2D eigenvalue weighted by Gasteiger charge is -2.35. The Labute approximate surface area is 77.9 Å². The molecule has 0 amide bonds. The number of rotatable bonds is 5. The Hall–Kier alpha value is -0.0400. The number of hydrogen-bond acceptors (Lipinski definition) is 1. The lowest BCUT2D eigenvalue weighted by atomic mass is 9.72. The molecule has 0 saturated carbocycles. The highest BCUT2D eigenvalue weighted by molar-refractivity contribution is 4.80. The minimum atomic E-state index is 0.502. The van der Waals surface area contributed by atoms with E-state index in [0.717, 1.165) is 5.92 Å². The van der Waals surface area contributed by atoms with E-state index in [0.29, 0.717) is 11.5 Å². The van der Waals surface area contributed by atoms with Gasteiger partial charge in [-0.3, -0.25) is 0 Å². The third-order valence-electron chi connectivity index (χ3n) is 3.47. The lowest BCUT2D eigenvalue weighted by Crippen LogP contribution is -2.33. The Morgan fingerprint density at radius 3 is 2.00 bits per heavy atom. The molecule has 0 bridgehead atoms. The maximum Gasteiger partial charge on any atom is 0.00410 e. The van der Waals surface area contributed by atoms with Gasteiger partial charge in [-0.15, -0.1) is 0 Å². The SMILES string of the molecule is CCC(C)(CC(C)NC)C(C)C. The van der Waals surface area contributed by atoms with Gasteiger partial charge in [0.2, 0.25) is 0 Å². The summed E-state index contributed by atoms with van der Waals surface area (Å²) >= 11 is 0. The van der Waals surface area contributed by atoms with Gasteiger partial charge < -0.3 is 5.32 Å². The summed E-state index contributed by atoms with van der Waals surface area (Å²) in [6.45, 7) is 11.6. The second-order valence-electron chi connectivity index (χ2n) is 4.56. The van der Waals surface area contributed by atoms with E-state index in [1.165, 1.54) is 12.8 Å². The predicted octanol–water partition coefficient (Wildman–Crippen LogP) is 3.06. The molecule has 12 heavy (non-hydrogen) atoms. The first kappa shape index (κ1) is 12.0. The van der Waals surface area contributed by atoms with E-state index in [1.807, 2.05) is 7.05 Å². The van der Waals surface area contributed by atoms with Crippen LogP contribution >= 0.6 is 0 Å². The predicted molar refractivity (Wildman–Crippen MR) is 56.4 cm³/mol. The van der Waals surface area contributed by atoms with Gasteiger partial charge in [0.15, 0.2) is 0 Å². The average molecular weight is 171 g/mol. The molecule has 1 N–H and O–H groups in total. The molecule has 1 heteroatoms. The van der Waals surface area contributed by atoms with Gasteiger partial charge in [-0.1, -0.05) is 34.1 Å². The molecule has 2 unspecified atom stereocenters. The van der Waals surface area contributed by atoms with Crippen molar-refractivity contribution in [3.05, 3.63) is 0 Å². The monoisotopic (exact) mass is 171 g/mol. The topological polar surface area (TPSA) is 12.0 Å². The fraction of sp³-hybridized carbons (Fsp3) is 1.00. The van der Waals surface area contributed by atoms with Crippen molar-refractivity contribution in [2.45, 2.75) is 53.5 Å². The molecule has 0 saturated heterocycles. The lowest BCUT2D eigenvalue weighted by molar-refractivity contribution is 0.171. The van der Waals surface area contributed by atoms with Crippen molar-refractivity contribution in [3.8, 4) is 0 Å². The highest BCUT2D eigenvalue weighted by Crippen LogP contribution is 2.35. The molecule has 0 aromatic carbocycles. The first-order valence-corrected chi connectivity index (χ1v) is 5.13. The third kappa shape index (κ3) is 3.14. The van der Waals surface area contributed by atoms with E-state index < -0.39 is 0 Å². The van der Waals surface area contributed by atoms with E-state index in [-0.39, 0.29) is 0 Å². The summed E-state index contributed by atoms with van der Waals surface area (Å²) in [4.78, 5) is 0.